The Bertz CT molecular complexity index is 783. The van der Waals surface area contributed by atoms with Crippen LogP contribution in [0.25, 0.3) is 27.4 Å². The zero-order valence-corrected chi connectivity index (χ0v) is 10.6. The lowest BCUT2D eigenvalue weighted by atomic mass is 9.99. The molecule has 3 heteroatoms. The maximum atomic E-state index is 4.21. The molecule has 3 nitrogen and oxygen atoms in total. The fourth-order valence-electron chi connectivity index (χ4n) is 2.83. The molecule has 0 saturated carbocycles. The van der Waals surface area contributed by atoms with Gasteiger partial charge in [0.25, 0.3) is 0 Å². The van der Waals surface area contributed by atoms with Crippen molar-refractivity contribution in [3.63, 3.8) is 0 Å². The van der Waals surface area contributed by atoms with Gasteiger partial charge in [-0.3, -0.25) is 4.98 Å². The topological polar surface area (TPSA) is 40.7 Å². The zero-order valence-electron chi connectivity index (χ0n) is 10.6. The van der Waals surface area contributed by atoms with Gasteiger partial charge in [-0.1, -0.05) is 18.2 Å². The maximum absolute atomic E-state index is 4.21. The van der Waals surface area contributed by atoms with E-state index in [1.54, 1.807) is 0 Å². The third-order valence-corrected chi connectivity index (χ3v) is 3.83. The number of hydrogen-bond acceptors (Lipinski definition) is 2. The molecular weight excluding hydrogens is 234 g/mol. The van der Waals surface area contributed by atoms with Crippen LogP contribution in [-0.4, -0.2) is 23.1 Å². The van der Waals surface area contributed by atoms with Gasteiger partial charge in [0, 0.05) is 40.7 Å². The molecule has 0 saturated heterocycles. The van der Waals surface area contributed by atoms with Gasteiger partial charge in [-0.25, -0.2) is 0 Å². The van der Waals surface area contributed by atoms with E-state index in [9.17, 15) is 0 Å². The molecule has 2 aromatic heterocycles. The van der Waals surface area contributed by atoms with Gasteiger partial charge < -0.3 is 10.3 Å². The minimum atomic E-state index is 0.976. The highest BCUT2D eigenvalue weighted by Gasteiger charge is 2.09. The normalized spacial score (nSPS) is 15.9. The largest absolute Gasteiger partial charge is 0.354 e. The van der Waals surface area contributed by atoms with E-state index in [0.717, 1.165) is 25.0 Å². The Hall–Kier alpha value is -2.13. The molecule has 2 N–H and O–H groups in total. The Morgan fingerprint density at radius 3 is 2.95 bits per heavy atom. The van der Waals surface area contributed by atoms with Gasteiger partial charge in [-0.2, -0.15) is 0 Å². The van der Waals surface area contributed by atoms with Crippen LogP contribution >= 0.6 is 0 Å². The van der Waals surface area contributed by atoms with Crippen molar-refractivity contribution in [2.45, 2.75) is 6.42 Å². The molecule has 3 aromatic rings. The molecule has 0 radical (unpaired) electrons. The van der Waals surface area contributed by atoms with Gasteiger partial charge in [0.2, 0.25) is 0 Å². The average molecular weight is 249 g/mol. The Balaban J connectivity index is 1.91. The molecule has 0 bridgehead atoms. The monoisotopic (exact) mass is 249 g/mol. The van der Waals surface area contributed by atoms with E-state index in [2.05, 4.69) is 39.6 Å². The second kappa shape index (κ2) is 4.21. The summed E-state index contributed by atoms with van der Waals surface area (Å²) in [6.07, 6.45) is 7.15. The summed E-state index contributed by atoms with van der Waals surface area (Å²) in [6, 6.07) is 8.71. The number of H-pyrrole nitrogens is 1. The first kappa shape index (κ1) is 10.8. The first-order chi connectivity index (χ1) is 9.42. The second-order valence-corrected chi connectivity index (χ2v) is 4.99. The summed E-state index contributed by atoms with van der Waals surface area (Å²) in [5, 5.41) is 5.80. The molecule has 4 rings (SSSR count). The molecule has 1 aliphatic heterocycles. The van der Waals surface area contributed by atoms with Crippen LogP contribution < -0.4 is 5.32 Å². The van der Waals surface area contributed by atoms with E-state index in [0.29, 0.717) is 0 Å². The minimum Gasteiger partial charge on any atom is -0.354 e. The lowest BCUT2D eigenvalue weighted by Crippen LogP contribution is -2.19. The summed E-state index contributed by atoms with van der Waals surface area (Å²) in [7, 11) is 0. The summed E-state index contributed by atoms with van der Waals surface area (Å²) >= 11 is 0. The van der Waals surface area contributed by atoms with Crippen LogP contribution in [0.15, 0.2) is 42.7 Å². The van der Waals surface area contributed by atoms with Crippen LogP contribution in [0.4, 0.5) is 0 Å². The maximum Gasteiger partial charge on any atom is 0.0495 e. The van der Waals surface area contributed by atoms with Crippen molar-refractivity contribution in [2.24, 2.45) is 0 Å². The molecule has 0 fully saturated rings. The number of nitrogens with one attached hydrogen (secondary N) is 2. The summed E-state index contributed by atoms with van der Waals surface area (Å²) in [6.45, 7) is 2.05. The average Bonchev–Trinajstić information content (AvgIpc) is 2.86. The van der Waals surface area contributed by atoms with Crippen molar-refractivity contribution in [1.29, 1.82) is 0 Å². The first-order valence-electron chi connectivity index (χ1n) is 6.67. The first-order valence-corrected chi connectivity index (χ1v) is 6.67. The molecule has 0 atom stereocenters. The summed E-state index contributed by atoms with van der Waals surface area (Å²) in [5.41, 5.74) is 5.12. The van der Waals surface area contributed by atoms with Crippen molar-refractivity contribution in [1.82, 2.24) is 15.3 Å². The van der Waals surface area contributed by atoms with Crippen molar-refractivity contribution >= 4 is 27.4 Å². The molecule has 94 valence electrons. The predicted octanol–water partition coefficient (Wildman–Crippen LogP) is 3.09. The third-order valence-electron chi connectivity index (χ3n) is 3.83. The van der Waals surface area contributed by atoms with Gasteiger partial charge >= 0.3 is 0 Å². The summed E-state index contributed by atoms with van der Waals surface area (Å²) < 4.78 is 0. The van der Waals surface area contributed by atoms with Gasteiger partial charge in [-0.05, 0) is 36.2 Å². The quantitative estimate of drug-likeness (QED) is 0.695. The number of aromatic amines is 1. The SMILES string of the molecule is C1=C(c2ccc3c(c2)[nH]c2ccncc23)CCNC1. The summed E-state index contributed by atoms with van der Waals surface area (Å²) in [4.78, 5) is 7.68. The zero-order chi connectivity index (χ0) is 12.7. The second-order valence-electron chi connectivity index (χ2n) is 4.99. The fourth-order valence-corrected chi connectivity index (χ4v) is 2.83. The van der Waals surface area contributed by atoms with Gasteiger partial charge in [0.15, 0.2) is 0 Å². The van der Waals surface area contributed by atoms with Gasteiger partial charge in [-0.15, -0.1) is 0 Å². The highest BCUT2D eigenvalue weighted by Crippen LogP contribution is 2.28. The van der Waals surface area contributed by atoms with Crippen molar-refractivity contribution in [3.05, 3.63) is 48.3 Å². The van der Waals surface area contributed by atoms with Crippen LogP contribution in [-0.2, 0) is 0 Å². The number of nitrogens with zero attached hydrogens (tertiary/aromatic N) is 1. The van der Waals surface area contributed by atoms with Gasteiger partial charge in [0.05, 0.1) is 0 Å². The number of benzene rings is 1. The van der Waals surface area contributed by atoms with E-state index in [4.69, 9.17) is 0 Å². The number of fused-ring (bicyclic) bond motifs is 3. The number of aromatic nitrogens is 2. The molecule has 0 aliphatic carbocycles. The molecule has 19 heavy (non-hydrogen) atoms. The molecule has 3 heterocycles. The van der Waals surface area contributed by atoms with Crippen molar-refractivity contribution in [3.8, 4) is 0 Å². The highest BCUT2D eigenvalue weighted by atomic mass is 14.8. The van der Waals surface area contributed by atoms with E-state index in [1.165, 1.54) is 27.4 Å². The molecular formula is C16H15N3. The van der Waals surface area contributed by atoms with Crippen LogP contribution in [0, 0.1) is 0 Å². The standard InChI is InChI=1S/C16H15N3/c1-2-13-14-10-18-8-5-15(14)19-16(13)9-12(1)11-3-6-17-7-4-11/h1-3,5,8-10,17,19H,4,6-7H2. The smallest absolute Gasteiger partial charge is 0.0495 e. The number of pyridine rings is 1. The van der Waals surface area contributed by atoms with E-state index in [1.807, 2.05) is 18.5 Å². The molecule has 0 spiro atoms. The molecule has 0 amide bonds. The third kappa shape index (κ3) is 1.74. The van der Waals surface area contributed by atoms with Crippen LogP contribution in [0.1, 0.15) is 12.0 Å². The molecule has 1 aromatic carbocycles. The number of rotatable bonds is 1. The van der Waals surface area contributed by atoms with Crippen LogP contribution in [0.2, 0.25) is 0 Å². The Morgan fingerprint density at radius 2 is 2.05 bits per heavy atom. The highest BCUT2D eigenvalue weighted by molar-refractivity contribution is 6.07. The summed E-state index contributed by atoms with van der Waals surface area (Å²) in [5.74, 6) is 0. The molecule has 1 aliphatic rings. The van der Waals surface area contributed by atoms with Crippen molar-refractivity contribution < 1.29 is 0 Å². The van der Waals surface area contributed by atoms with Crippen LogP contribution in [0.3, 0.4) is 0 Å². The Kier molecular flexibility index (Phi) is 2.38. The fraction of sp³-hybridized carbons (Fsp3) is 0.188. The lowest BCUT2D eigenvalue weighted by Gasteiger charge is -2.14. The predicted molar refractivity (Wildman–Crippen MR) is 79.1 cm³/mol. The Labute approximate surface area is 111 Å². The molecule has 0 unspecified atom stereocenters. The van der Waals surface area contributed by atoms with E-state index >= 15 is 0 Å². The Morgan fingerprint density at radius 1 is 1.05 bits per heavy atom. The minimum absolute atomic E-state index is 0.976. The van der Waals surface area contributed by atoms with Crippen LogP contribution in [0.5, 0.6) is 0 Å². The number of hydrogen-bond donors (Lipinski definition) is 2. The van der Waals surface area contributed by atoms with E-state index < -0.39 is 0 Å². The van der Waals surface area contributed by atoms with Gasteiger partial charge in [0.1, 0.15) is 0 Å². The lowest BCUT2D eigenvalue weighted by molar-refractivity contribution is 0.739. The van der Waals surface area contributed by atoms with E-state index in [-0.39, 0.29) is 0 Å². The van der Waals surface area contributed by atoms with Crippen molar-refractivity contribution in [2.75, 3.05) is 13.1 Å².